The average Bonchev–Trinajstić information content (AvgIpc) is 3.30. The molecule has 2 heterocycles. The third kappa shape index (κ3) is 5.68. The maximum Gasteiger partial charge on any atom is 0.291 e. The normalized spacial score (nSPS) is 10.5. The molecule has 0 unspecified atom stereocenters. The van der Waals surface area contributed by atoms with Crippen LogP contribution >= 0.6 is 0 Å². The van der Waals surface area contributed by atoms with E-state index in [1.807, 2.05) is 13.0 Å². The predicted octanol–water partition coefficient (Wildman–Crippen LogP) is 3.19. The molecule has 0 atom stereocenters. The van der Waals surface area contributed by atoms with E-state index in [4.69, 9.17) is 13.9 Å². The van der Waals surface area contributed by atoms with Crippen molar-refractivity contribution in [3.05, 3.63) is 77.4 Å². The van der Waals surface area contributed by atoms with Crippen LogP contribution < -0.4 is 15.4 Å². The van der Waals surface area contributed by atoms with Gasteiger partial charge in [-0.15, -0.1) is 0 Å². The van der Waals surface area contributed by atoms with Crippen molar-refractivity contribution >= 4 is 17.5 Å². The van der Waals surface area contributed by atoms with Crippen molar-refractivity contribution in [3.63, 3.8) is 0 Å². The molecular weight excluding hydrogens is 386 g/mol. The molecule has 3 rings (SSSR count). The Morgan fingerprint density at radius 3 is 2.67 bits per heavy atom. The van der Waals surface area contributed by atoms with Crippen molar-refractivity contribution in [2.45, 2.75) is 13.5 Å². The third-order valence-electron chi connectivity index (χ3n) is 4.28. The molecule has 0 aliphatic carbocycles. The molecule has 30 heavy (non-hydrogen) atoms. The Balaban J connectivity index is 1.58. The number of rotatable bonds is 9. The summed E-state index contributed by atoms with van der Waals surface area (Å²) >= 11 is 0. The molecule has 8 nitrogen and oxygen atoms in total. The zero-order chi connectivity index (χ0) is 21.3. The number of methoxy groups -OCH3 is 1. The van der Waals surface area contributed by atoms with Gasteiger partial charge in [0.1, 0.15) is 6.61 Å². The van der Waals surface area contributed by atoms with Crippen molar-refractivity contribution in [2.75, 3.05) is 25.6 Å². The molecule has 2 amide bonds. The van der Waals surface area contributed by atoms with E-state index in [0.717, 1.165) is 11.1 Å². The lowest BCUT2D eigenvalue weighted by Crippen LogP contribution is -2.23. The van der Waals surface area contributed by atoms with E-state index in [-0.39, 0.29) is 17.6 Å². The highest BCUT2D eigenvalue weighted by atomic mass is 16.5. The van der Waals surface area contributed by atoms with Crippen LogP contribution in [0.15, 0.2) is 59.3 Å². The van der Waals surface area contributed by atoms with Crippen LogP contribution in [-0.4, -0.2) is 37.1 Å². The Hall–Kier alpha value is -3.65. The van der Waals surface area contributed by atoms with Crippen molar-refractivity contribution in [3.8, 4) is 5.88 Å². The molecule has 0 aliphatic heterocycles. The number of nitrogens with zero attached hydrogens (tertiary/aromatic N) is 1. The summed E-state index contributed by atoms with van der Waals surface area (Å²) in [6.45, 7) is 3.07. The number of aromatic nitrogens is 1. The molecule has 0 saturated carbocycles. The zero-order valence-corrected chi connectivity index (χ0v) is 16.8. The van der Waals surface area contributed by atoms with Gasteiger partial charge in [-0.05, 0) is 42.3 Å². The maximum absolute atomic E-state index is 12.5. The fourth-order valence-corrected chi connectivity index (χ4v) is 2.60. The van der Waals surface area contributed by atoms with Crippen LogP contribution in [0.1, 0.15) is 32.0 Å². The van der Waals surface area contributed by atoms with E-state index in [1.54, 1.807) is 49.7 Å². The SMILES string of the molecule is COCCOc1ccc(CNC(=O)c2ccc(C)c(NC(=O)c3ccco3)c2)cn1. The Bertz CT molecular complexity index is 985. The van der Waals surface area contributed by atoms with E-state index in [9.17, 15) is 9.59 Å². The lowest BCUT2D eigenvalue weighted by molar-refractivity contribution is 0.0949. The highest BCUT2D eigenvalue weighted by Crippen LogP contribution is 2.18. The minimum Gasteiger partial charge on any atom is -0.475 e. The van der Waals surface area contributed by atoms with Gasteiger partial charge in [-0.1, -0.05) is 12.1 Å². The monoisotopic (exact) mass is 409 g/mol. The van der Waals surface area contributed by atoms with Crippen molar-refractivity contribution in [1.82, 2.24) is 10.3 Å². The summed E-state index contributed by atoms with van der Waals surface area (Å²) < 4.78 is 15.4. The number of carbonyl (C=O) groups excluding carboxylic acids is 2. The lowest BCUT2D eigenvalue weighted by atomic mass is 10.1. The molecule has 0 saturated heterocycles. The first-order valence-electron chi connectivity index (χ1n) is 9.37. The van der Waals surface area contributed by atoms with Gasteiger partial charge in [-0.3, -0.25) is 9.59 Å². The number of ether oxygens (including phenoxy) is 2. The highest BCUT2D eigenvalue weighted by Gasteiger charge is 2.13. The molecule has 1 aromatic carbocycles. The number of furan rings is 1. The lowest BCUT2D eigenvalue weighted by Gasteiger charge is -2.11. The van der Waals surface area contributed by atoms with Crippen molar-refractivity contribution in [1.29, 1.82) is 0 Å². The number of aryl methyl sites for hydroxylation is 1. The Morgan fingerprint density at radius 2 is 1.97 bits per heavy atom. The van der Waals surface area contributed by atoms with Gasteiger partial charge in [0.2, 0.25) is 5.88 Å². The van der Waals surface area contributed by atoms with Gasteiger partial charge in [0, 0.05) is 37.2 Å². The van der Waals surface area contributed by atoms with Gasteiger partial charge in [0.25, 0.3) is 11.8 Å². The number of anilines is 1. The molecule has 0 fully saturated rings. The average molecular weight is 409 g/mol. The quantitative estimate of drug-likeness (QED) is 0.526. The highest BCUT2D eigenvalue weighted by molar-refractivity contribution is 6.03. The molecular formula is C22H23N3O5. The Labute approximate surface area is 174 Å². The van der Waals surface area contributed by atoms with Gasteiger partial charge in [-0.2, -0.15) is 0 Å². The van der Waals surface area contributed by atoms with Crippen LogP contribution in [-0.2, 0) is 11.3 Å². The van der Waals surface area contributed by atoms with E-state index in [1.165, 1.54) is 6.26 Å². The minimum absolute atomic E-state index is 0.200. The second-order valence-electron chi connectivity index (χ2n) is 6.49. The van der Waals surface area contributed by atoms with Crippen LogP contribution in [0.3, 0.4) is 0 Å². The largest absolute Gasteiger partial charge is 0.475 e. The van der Waals surface area contributed by atoms with Gasteiger partial charge < -0.3 is 24.5 Å². The maximum atomic E-state index is 12.5. The molecule has 156 valence electrons. The van der Waals surface area contributed by atoms with Crippen LogP contribution in [0.4, 0.5) is 5.69 Å². The first-order valence-corrected chi connectivity index (χ1v) is 9.37. The van der Waals surface area contributed by atoms with Crippen LogP contribution in [0.5, 0.6) is 5.88 Å². The van der Waals surface area contributed by atoms with Gasteiger partial charge in [0.05, 0.1) is 12.9 Å². The number of pyridine rings is 1. The molecule has 2 aromatic heterocycles. The van der Waals surface area contributed by atoms with Gasteiger partial charge >= 0.3 is 0 Å². The summed E-state index contributed by atoms with van der Waals surface area (Å²) in [5.74, 6) is 0.0625. The van der Waals surface area contributed by atoms with Gasteiger partial charge in [-0.25, -0.2) is 4.98 Å². The third-order valence-corrected chi connectivity index (χ3v) is 4.28. The van der Waals surface area contributed by atoms with Crippen LogP contribution in [0.25, 0.3) is 0 Å². The standard InChI is InChI=1S/C22H23N3O5/c1-15-5-7-17(12-18(15)25-22(27)19-4-3-9-29-19)21(26)24-14-16-6-8-20(23-13-16)30-11-10-28-2/h3-9,12-13H,10-11,14H2,1-2H3,(H,24,26)(H,25,27). The summed E-state index contributed by atoms with van der Waals surface area (Å²) in [6, 6.07) is 11.9. The Kier molecular flexibility index (Phi) is 7.18. The fourth-order valence-electron chi connectivity index (χ4n) is 2.60. The van der Waals surface area contributed by atoms with Crippen molar-refractivity contribution in [2.24, 2.45) is 0 Å². The van der Waals surface area contributed by atoms with Crippen LogP contribution in [0.2, 0.25) is 0 Å². The number of hydrogen-bond acceptors (Lipinski definition) is 6. The van der Waals surface area contributed by atoms with Crippen LogP contribution in [0, 0.1) is 6.92 Å². The number of nitrogens with one attached hydrogen (secondary N) is 2. The molecule has 2 N–H and O–H groups in total. The van der Waals surface area contributed by atoms with E-state index in [0.29, 0.717) is 36.9 Å². The smallest absolute Gasteiger partial charge is 0.291 e. The van der Waals surface area contributed by atoms with E-state index >= 15 is 0 Å². The van der Waals surface area contributed by atoms with Crippen molar-refractivity contribution < 1.29 is 23.5 Å². The summed E-state index contributed by atoms with van der Waals surface area (Å²) in [6.07, 6.45) is 3.07. The number of carbonyl (C=O) groups is 2. The topological polar surface area (TPSA) is 103 Å². The number of amides is 2. The van der Waals surface area contributed by atoms with Gasteiger partial charge in [0.15, 0.2) is 5.76 Å². The van der Waals surface area contributed by atoms with E-state index < -0.39 is 0 Å². The van der Waals surface area contributed by atoms with E-state index in [2.05, 4.69) is 15.6 Å². The summed E-state index contributed by atoms with van der Waals surface area (Å²) in [7, 11) is 1.60. The molecule has 8 heteroatoms. The molecule has 0 spiro atoms. The Morgan fingerprint density at radius 1 is 1.10 bits per heavy atom. The summed E-state index contributed by atoms with van der Waals surface area (Å²) in [5.41, 5.74) is 2.65. The zero-order valence-electron chi connectivity index (χ0n) is 16.8. The number of benzene rings is 1. The number of hydrogen-bond donors (Lipinski definition) is 2. The first kappa shape index (κ1) is 21.1. The fraction of sp³-hybridized carbons (Fsp3) is 0.227. The predicted molar refractivity (Wildman–Crippen MR) is 111 cm³/mol. The molecule has 0 radical (unpaired) electrons. The summed E-state index contributed by atoms with van der Waals surface area (Å²) in [5, 5.41) is 5.61. The second-order valence-corrected chi connectivity index (χ2v) is 6.49. The first-order chi connectivity index (χ1) is 14.6. The second kappa shape index (κ2) is 10.2. The molecule has 3 aromatic rings. The minimum atomic E-state index is -0.375. The molecule has 0 aliphatic rings. The summed E-state index contributed by atoms with van der Waals surface area (Å²) in [4.78, 5) is 28.9. The molecule has 0 bridgehead atoms.